The van der Waals surface area contributed by atoms with Crippen molar-refractivity contribution in [1.82, 2.24) is 9.97 Å². The van der Waals surface area contributed by atoms with Crippen LogP contribution in [0.1, 0.15) is 16.2 Å². The molecule has 0 saturated heterocycles. The molecule has 0 unspecified atom stereocenters. The molecule has 0 N–H and O–H groups in total. The Morgan fingerprint density at radius 3 is 2.76 bits per heavy atom. The quantitative estimate of drug-likeness (QED) is 0.325. The lowest BCUT2D eigenvalue weighted by atomic mass is 10.2. The van der Waals surface area contributed by atoms with E-state index in [2.05, 4.69) is 25.9 Å². The summed E-state index contributed by atoms with van der Waals surface area (Å²) in [7, 11) is 0. The molecule has 0 saturated carbocycles. The average molecular weight is 464 g/mol. The van der Waals surface area contributed by atoms with E-state index in [9.17, 15) is 4.79 Å². The van der Waals surface area contributed by atoms with Gasteiger partial charge >= 0.3 is 0 Å². The molecule has 3 aromatic heterocycles. The van der Waals surface area contributed by atoms with Crippen molar-refractivity contribution in [3.63, 3.8) is 0 Å². The lowest BCUT2D eigenvalue weighted by molar-refractivity contribution is 0.0960. The second kappa shape index (κ2) is 7.42. The second-order valence-electron chi connectivity index (χ2n) is 6.47. The maximum atomic E-state index is 13.4. The van der Waals surface area contributed by atoms with Gasteiger partial charge in [0.15, 0.2) is 10.9 Å². The Kier molecular flexibility index (Phi) is 4.61. The number of hydrogen-bond donors (Lipinski definition) is 0. The van der Waals surface area contributed by atoms with Crippen molar-refractivity contribution in [1.29, 1.82) is 0 Å². The van der Waals surface area contributed by atoms with Crippen LogP contribution >= 0.6 is 27.3 Å². The number of hydrogen-bond acceptors (Lipinski definition) is 5. The molecule has 29 heavy (non-hydrogen) atoms. The third-order valence-corrected chi connectivity index (χ3v) is 6.03. The summed E-state index contributed by atoms with van der Waals surface area (Å²) in [6.07, 6.45) is 1.72. The van der Waals surface area contributed by atoms with Crippen LogP contribution in [0.2, 0.25) is 0 Å². The molecule has 7 heteroatoms. The summed E-state index contributed by atoms with van der Waals surface area (Å²) in [5.41, 5.74) is 2.30. The zero-order valence-corrected chi connectivity index (χ0v) is 17.5. The molecule has 0 radical (unpaired) electrons. The van der Waals surface area contributed by atoms with Crippen molar-refractivity contribution in [2.75, 3.05) is 4.90 Å². The summed E-state index contributed by atoms with van der Waals surface area (Å²) in [5.74, 6) is 0.0348. The van der Waals surface area contributed by atoms with Crippen molar-refractivity contribution in [2.45, 2.75) is 6.54 Å². The monoisotopic (exact) mass is 463 g/mol. The van der Waals surface area contributed by atoms with Crippen molar-refractivity contribution < 1.29 is 9.21 Å². The number of rotatable bonds is 4. The van der Waals surface area contributed by atoms with Gasteiger partial charge in [-0.15, -0.1) is 0 Å². The maximum absolute atomic E-state index is 13.4. The van der Waals surface area contributed by atoms with Crippen LogP contribution < -0.4 is 4.90 Å². The number of carbonyl (C=O) groups is 1. The Morgan fingerprint density at radius 2 is 1.93 bits per heavy atom. The van der Waals surface area contributed by atoms with E-state index in [1.165, 1.54) is 11.3 Å². The van der Waals surface area contributed by atoms with E-state index in [1.807, 2.05) is 60.7 Å². The molecule has 0 fully saturated rings. The second-order valence-corrected chi connectivity index (χ2v) is 8.39. The average Bonchev–Trinajstić information content (AvgIpc) is 3.36. The zero-order valence-electron chi connectivity index (χ0n) is 15.1. The van der Waals surface area contributed by atoms with Crippen LogP contribution in [-0.4, -0.2) is 15.9 Å². The molecule has 0 aliphatic rings. The molecular formula is C22H14BrN3O2S. The predicted molar refractivity (Wildman–Crippen MR) is 118 cm³/mol. The first-order valence-electron chi connectivity index (χ1n) is 8.94. The summed E-state index contributed by atoms with van der Waals surface area (Å²) >= 11 is 4.95. The van der Waals surface area contributed by atoms with Gasteiger partial charge in [-0.2, -0.15) is 0 Å². The fourth-order valence-corrected chi connectivity index (χ4v) is 4.62. The van der Waals surface area contributed by atoms with Gasteiger partial charge in [0.25, 0.3) is 5.91 Å². The summed E-state index contributed by atoms with van der Waals surface area (Å²) in [6.45, 7) is 0.303. The molecule has 0 aliphatic carbocycles. The zero-order chi connectivity index (χ0) is 19.8. The SMILES string of the molecule is O=C(c1cc2ccccc2o1)N(Cc1ccccn1)c1nc2ccc(Br)cc2s1. The number of benzene rings is 2. The number of amides is 1. The van der Waals surface area contributed by atoms with E-state index in [1.54, 1.807) is 17.2 Å². The topological polar surface area (TPSA) is 59.2 Å². The molecule has 2 aromatic carbocycles. The van der Waals surface area contributed by atoms with E-state index < -0.39 is 0 Å². The standard InChI is InChI=1S/C22H14BrN3O2S/c23-15-8-9-17-20(12-15)29-22(25-17)26(13-16-6-3-4-10-24-16)21(27)19-11-14-5-1-2-7-18(14)28-19/h1-12H,13H2. The van der Waals surface area contributed by atoms with E-state index in [-0.39, 0.29) is 11.7 Å². The summed E-state index contributed by atoms with van der Waals surface area (Å²) in [5, 5.41) is 1.50. The van der Waals surface area contributed by atoms with Crippen LogP contribution in [0.25, 0.3) is 21.2 Å². The molecule has 5 rings (SSSR count). The number of furan rings is 1. The lowest BCUT2D eigenvalue weighted by Crippen LogP contribution is -2.30. The third kappa shape index (κ3) is 3.54. The minimum Gasteiger partial charge on any atom is -0.451 e. The number of halogens is 1. The highest BCUT2D eigenvalue weighted by Crippen LogP contribution is 2.33. The molecule has 5 nitrogen and oxygen atoms in total. The molecule has 0 atom stereocenters. The van der Waals surface area contributed by atoms with Crippen molar-refractivity contribution in [2.24, 2.45) is 0 Å². The molecule has 142 valence electrons. The summed E-state index contributed by atoms with van der Waals surface area (Å²) in [4.78, 5) is 24.1. The Bertz CT molecular complexity index is 1300. The molecule has 3 heterocycles. The number of nitrogens with zero attached hydrogens (tertiary/aromatic N) is 3. The van der Waals surface area contributed by atoms with Gasteiger partial charge in [0.1, 0.15) is 5.58 Å². The first-order valence-corrected chi connectivity index (χ1v) is 10.5. The number of pyridine rings is 1. The minimum absolute atomic E-state index is 0.245. The van der Waals surface area contributed by atoms with Crippen molar-refractivity contribution >= 4 is 59.5 Å². The smallest absolute Gasteiger partial charge is 0.296 e. The summed E-state index contributed by atoms with van der Waals surface area (Å²) in [6, 6.07) is 20.9. The van der Waals surface area contributed by atoms with Crippen LogP contribution in [0.4, 0.5) is 5.13 Å². The van der Waals surface area contributed by atoms with Gasteiger partial charge in [-0.3, -0.25) is 14.7 Å². The van der Waals surface area contributed by atoms with E-state index in [4.69, 9.17) is 4.42 Å². The number of anilines is 1. The highest BCUT2D eigenvalue weighted by Gasteiger charge is 2.25. The van der Waals surface area contributed by atoms with Gasteiger partial charge < -0.3 is 4.42 Å². The van der Waals surface area contributed by atoms with Crippen molar-refractivity contribution in [3.8, 4) is 0 Å². The molecule has 5 aromatic rings. The van der Waals surface area contributed by atoms with Gasteiger partial charge in [-0.1, -0.05) is 51.5 Å². The molecular weight excluding hydrogens is 450 g/mol. The third-order valence-electron chi connectivity index (χ3n) is 4.50. The first-order chi connectivity index (χ1) is 14.2. The fourth-order valence-electron chi connectivity index (χ4n) is 3.10. The number of carbonyl (C=O) groups excluding carboxylic acids is 1. The molecule has 0 aliphatic heterocycles. The summed E-state index contributed by atoms with van der Waals surface area (Å²) < 4.78 is 7.79. The normalized spacial score (nSPS) is 11.2. The molecule has 1 amide bonds. The van der Waals surface area contributed by atoms with Crippen LogP contribution in [0, 0.1) is 0 Å². The van der Waals surface area contributed by atoms with Gasteiger partial charge in [-0.05, 0) is 42.5 Å². The van der Waals surface area contributed by atoms with Gasteiger partial charge in [0.05, 0.1) is 22.5 Å². The van der Waals surface area contributed by atoms with Crippen LogP contribution in [0.15, 0.2) is 81.8 Å². The fraction of sp³-hybridized carbons (Fsp3) is 0.0455. The van der Waals surface area contributed by atoms with E-state index >= 15 is 0 Å². The van der Waals surface area contributed by atoms with E-state index in [0.717, 1.165) is 25.8 Å². The number of aromatic nitrogens is 2. The van der Waals surface area contributed by atoms with Crippen LogP contribution in [-0.2, 0) is 6.54 Å². The molecule has 0 bridgehead atoms. The van der Waals surface area contributed by atoms with Gasteiger partial charge in [0, 0.05) is 16.1 Å². The number of para-hydroxylation sites is 1. The van der Waals surface area contributed by atoms with Gasteiger partial charge in [-0.25, -0.2) is 4.98 Å². The Hall–Kier alpha value is -3.03. The largest absolute Gasteiger partial charge is 0.451 e. The Balaban J connectivity index is 1.59. The minimum atomic E-state index is -0.245. The van der Waals surface area contributed by atoms with Crippen molar-refractivity contribution in [3.05, 3.63) is 88.9 Å². The highest BCUT2D eigenvalue weighted by molar-refractivity contribution is 9.10. The van der Waals surface area contributed by atoms with Crippen LogP contribution in [0.5, 0.6) is 0 Å². The predicted octanol–water partition coefficient (Wildman–Crippen LogP) is 6.05. The Morgan fingerprint density at radius 1 is 1.07 bits per heavy atom. The van der Waals surface area contributed by atoms with Crippen LogP contribution in [0.3, 0.4) is 0 Å². The first kappa shape index (κ1) is 18.0. The van der Waals surface area contributed by atoms with E-state index in [0.29, 0.717) is 17.3 Å². The Labute approximate surface area is 178 Å². The maximum Gasteiger partial charge on any atom is 0.296 e. The van der Waals surface area contributed by atoms with Gasteiger partial charge in [0.2, 0.25) is 0 Å². The highest BCUT2D eigenvalue weighted by atomic mass is 79.9. The molecule has 0 spiro atoms. The number of thiazole rings is 1. The lowest BCUT2D eigenvalue weighted by Gasteiger charge is -2.18. The number of fused-ring (bicyclic) bond motifs is 2.